The third-order valence-electron chi connectivity index (χ3n) is 3.62. The molecule has 0 saturated carbocycles. The first-order valence-corrected chi connectivity index (χ1v) is 6.76. The first-order valence-electron chi connectivity index (χ1n) is 6.76. The van der Waals surface area contributed by atoms with Gasteiger partial charge in [0.25, 0.3) is 11.8 Å². The van der Waals surface area contributed by atoms with Crippen molar-refractivity contribution in [1.29, 1.82) is 0 Å². The highest BCUT2D eigenvalue weighted by molar-refractivity contribution is 6.22. The number of imide groups is 1. The molecule has 1 aromatic rings. The summed E-state index contributed by atoms with van der Waals surface area (Å²) in [5, 5.41) is 9.38. The number of hydrogen-bond acceptors (Lipinski definition) is 5. The molecule has 22 heavy (non-hydrogen) atoms. The Morgan fingerprint density at radius 3 is 2.00 bits per heavy atom. The topological polar surface area (TPSA) is 93.1 Å². The molecule has 1 atom stereocenters. The van der Waals surface area contributed by atoms with Crippen molar-refractivity contribution in [2.24, 2.45) is 0 Å². The van der Waals surface area contributed by atoms with Crippen LogP contribution < -0.4 is 0 Å². The van der Waals surface area contributed by atoms with Crippen molar-refractivity contribution in [3.63, 3.8) is 0 Å². The quantitative estimate of drug-likeness (QED) is 0.599. The number of nitrogens with zero attached hydrogens (tertiary/aromatic N) is 1. The molecule has 0 bridgehead atoms. The smallest absolute Gasteiger partial charge is 0.326 e. The van der Waals surface area contributed by atoms with Crippen molar-refractivity contribution >= 4 is 17.8 Å². The van der Waals surface area contributed by atoms with Crippen molar-refractivity contribution in [2.45, 2.75) is 25.2 Å². The molecule has 0 aromatic heterocycles. The van der Waals surface area contributed by atoms with Crippen LogP contribution in [0.1, 0.15) is 33.6 Å². The van der Waals surface area contributed by atoms with Gasteiger partial charge in [0.2, 0.25) is 0 Å². The van der Waals surface area contributed by atoms with Gasteiger partial charge in [-0.05, 0) is 18.6 Å². The number of ether oxygens (including phenoxy) is 2. The molecule has 0 aliphatic carbocycles. The Labute approximate surface area is 127 Å². The molecule has 0 radical (unpaired) electrons. The largest absolute Gasteiger partial charge is 0.480 e. The minimum absolute atomic E-state index is 0.0488. The molecule has 2 rings (SSSR count). The number of hydrogen-bond donors (Lipinski definition) is 1. The number of carboxylic acid groups (broad SMARTS) is 1. The average Bonchev–Trinajstić information content (AvgIpc) is 2.76. The summed E-state index contributed by atoms with van der Waals surface area (Å²) >= 11 is 0. The first kappa shape index (κ1) is 16.1. The van der Waals surface area contributed by atoms with E-state index in [1.165, 1.54) is 26.4 Å². The summed E-state index contributed by atoms with van der Waals surface area (Å²) in [7, 11) is 2.87. The molecule has 0 fully saturated rings. The Bertz CT molecular complexity index is 560. The zero-order valence-corrected chi connectivity index (χ0v) is 12.3. The number of carboxylic acids is 1. The third-order valence-corrected chi connectivity index (χ3v) is 3.62. The fourth-order valence-electron chi connectivity index (χ4n) is 2.48. The summed E-state index contributed by atoms with van der Waals surface area (Å²) in [5.74, 6) is -2.40. The summed E-state index contributed by atoms with van der Waals surface area (Å²) in [6, 6.07) is 5.05. The van der Waals surface area contributed by atoms with Gasteiger partial charge in [-0.25, -0.2) is 4.79 Å². The number of carbonyl (C=O) groups is 3. The van der Waals surface area contributed by atoms with E-state index in [1.807, 2.05) is 0 Å². The molecule has 2 amide bonds. The number of fused-ring (bicyclic) bond motifs is 1. The molecule has 1 aliphatic heterocycles. The summed E-state index contributed by atoms with van der Waals surface area (Å²) in [4.78, 5) is 36.9. The molecule has 0 spiro atoms. The van der Waals surface area contributed by atoms with Gasteiger partial charge in [-0.15, -0.1) is 0 Å². The summed E-state index contributed by atoms with van der Waals surface area (Å²) in [6.07, 6.45) is -0.290. The maximum atomic E-state index is 12.3. The summed E-state index contributed by atoms with van der Waals surface area (Å²) in [6.45, 7) is 0. The Balaban J connectivity index is 2.22. The maximum Gasteiger partial charge on any atom is 0.326 e. The van der Waals surface area contributed by atoms with Crippen LogP contribution in [0.25, 0.3) is 0 Å². The molecular formula is C15H17NO6. The number of benzene rings is 1. The predicted molar refractivity (Wildman–Crippen MR) is 75.4 cm³/mol. The summed E-state index contributed by atoms with van der Waals surface area (Å²) < 4.78 is 10.0. The molecule has 7 nitrogen and oxygen atoms in total. The van der Waals surface area contributed by atoms with E-state index in [-0.39, 0.29) is 24.0 Å². The lowest BCUT2D eigenvalue weighted by Gasteiger charge is -2.24. The van der Waals surface area contributed by atoms with E-state index in [1.54, 1.807) is 12.1 Å². The van der Waals surface area contributed by atoms with E-state index >= 15 is 0 Å². The van der Waals surface area contributed by atoms with Gasteiger partial charge in [0.1, 0.15) is 6.04 Å². The van der Waals surface area contributed by atoms with E-state index in [2.05, 4.69) is 0 Å². The first-order chi connectivity index (χ1) is 10.5. The van der Waals surface area contributed by atoms with Crippen LogP contribution in [0.15, 0.2) is 24.3 Å². The minimum atomic E-state index is -1.25. The highest BCUT2D eigenvalue weighted by Gasteiger charge is 2.42. The van der Waals surface area contributed by atoms with Gasteiger partial charge in [0.05, 0.1) is 11.1 Å². The van der Waals surface area contributed by atoms with E-state index < -0.39 is 30.1 Å². The number of aliphatic carboxylic acids is 1. The summed E-state index contributed by atoms with van der Waals surface area (Å²) in [5.41, 5.74) is 0.461. The van der Waals surface area contributed by atoms with Crippen LogP contribution in [0.3, 0.4) is 0 Å². The van der Waals surface area contributed by atoms with Gasteiger partial charge in [0.15, 0.2) is 6.29 Å². The molecule has 7 heteroatoms. The van der Waals surface area contributed by atoms with E-state index in [0.717, 1.165) is 4.90 Å². The molecule has 1 aliphatic rings. The molecule has 1 aromatic carbocycles. The van der Waals surface area contributed by atoms with Crippen molar-refractivity contribution in [3.05, 3.63) is 35.4 Å². The minimum Gasteiger partial charge on any atom is -0.480 e. The second-order valence-corrected chi connectivity index (χ2v) is 4.86. The van der Waals surface area contributed by atoms with Crippen LogP contribution in [0, 0.1) is 0 Å². The van der Waals surface area contributed by atoms with Crippen molar-refractivity contribution in [1.82, 2.24) is 4.90 Å². The molecule has 1 unspecified atom stereocenters. The Kier molecular flexibility index (Phi) is 4.89. The fourth-order valence-corrected chi connectivity index (χ4v) is 2.48. The van der Waals surface area contributed by atoms with Gasteiger partial charge in [-0.2, -0.15) is 0 Å². The lowest BCUT2D eigenvalue weighted by molar-refractivity contribution is -0.143. The SMILES string of the molecule is COC(CCC(C(=O)O)N1C(=O)c2ccccc2C1=O)OC. The van der Waals surface area contributed by atoms with Crippen LogP contribution in [-0.2, 0) is 14.3 Å². The average molecular weight is 307 g/mol. The highest BCUT2D eigenvalue weighted by atomic mass is 16.7. The van der Waals surface area contributed by atoms with Crippen molar-refractivity contribution < 1.29 is 29.0 Å². The molecule has 118 valence electrons. The van der Waals surface area contributed by atoms with E-state index in [0.29, 0.717) is 0 Å². The Hall–Kier alpha value is -2.25. The number of amides is 2. The molecular weight excluding hydrogens is 290 g/mol. The maximum absolute atomic E-state index is 12.3. The fraction of sp³-hybridized carbons (Fsp3) is 0.400. The lowest BCUT2D eigenvalue weighted by Crippen LogP contribution is -2.45. The van der Waals surface area contributed by atoms with Crippen LogP contribution in [0.5, 0.6) is 0 Å². The zero-order valence-electron chi connectivity index (χ0n) is 12.3. The lowest BCUT2D eigenvalue weighted by atomic mass is 10.1. The van der Waals surface area contributed by atoms with Gasteiger partial charge in [-0.3, -0.25) is 14.5 Å². The second kappa shape index (κ2) is 6.67. The van der Waals surface area contributed by atoms with Crippen LogP contribution >= 0.6 is 0 Å². The van der Waals surface area contributed by atoms with Crippen molar-refractivity contribution in [3.8, 4) is 0 Å². The van der Waals surface area contributed by atoms with Gasteiger partial charge in [-0.1, -0.05) is 12.1 Å². The van der Waals surface area contributed by atoms with Crippen LogP contribution in [0.2, 0.25) is 0 Å². The zero-order chi connectivity index (χ0) is 16.3. The Morgan fingerprint density at radius 1 is 1.09 bits per heavy atom. The van der Waals surface area contributed by atoms with Crippen LogP contribution in [0.4, 0.5) is 0 Å². The normalized spacial score (nSPS) is 15.3. The van der Waals surface area contributed by atoms with Crippen LogP contribution in [-0.4, -0.2) is 54.3 Å². The van der Waals surface area contributed by atoms with E-state index in [9.17, 15) is 19.5 Å². The van der Waals surface area contributed by atoms with E-state index in [4.69, 9.17) is 9.47 Å². The molecule has 1 heterocycles. The van der Waals surface area contributed by atoms with Gasteiger partial charge < -0.3 is 14.6 Å². The standard InChI is InChI=1S/C15H17NO6/c1-21-12(22-2)8-7-11(15(19)20)16-13(17)9-5-3-4-6-10(9)14(16)18/h3-6,11-12H,7-8H2,1-2H3,(H,19,20). The number of carbonyl (C=O) groups excluding carboxylic acids is 2. The van der Waals surface area contributed by atoms with Gasteiger partial charge in [0, 0.05) is 20.6 Å². The monoisotopic (exact) mass is 307 g/mol. The number of methoxy groups -OCH3 is 2. The third kappa shape index (κ3) is 2.86. The van der Waals surface area contributed by atoms with Gasteiger partial charge >= 0.3 is 5.97 Å². The highest BCUT2D eigenvalue weighted by Crippen LogP contribution is 2.26. The number of rotatable bonds is 7. The molecule has 0 saturated heterocycles. The predicted octanol–water partition coefficient (Wildman–Crippen LogP) is 1.13. The Morgan fingerprint density at radius 2 is 1.59 bits per heavy atom. The van der Waals surface area contributed by atoms with Crippen molar-refractivity contribution in [2.75, 3.05) is 14.2 Å². The molecule has 1 N–H and O–H groups in total. The second-order valence-electron chi connectivity index (χ2n) is 4.86.